The predicted molar refractivity (Wildman–Crippen MR) is 121 cm³/mol. The summed E-state index contributed by atoms with van der Waals surface area (Å²) in [5.74, 6) is 0.285. The van der Waals surface area contributed by atoms with Crippen LogP contribution in [0, 0.1) is 6.92 Å². The zero-order valence-corrected chi connectivity index (χ0v) is 19.2. The molecule has 2 aromatic carbocycles. The second-order valence-corrected chi connectivity index (χ2v) is 10.0. The summed E-state index contributed by atoms with van der Waals surface area (Å²) in [4.78, 5) is 13.0. The summed E-state index contributed by atoms with van der Waals surface area (Å²) in [6.45, 7) is 3.04. The Bertz CT molecular complexity index is 1220. The maximum atomic E-state index is 12.9. The summed E-state index contributed by atoms with van der Waals surface area (Å²) in [5, 5.41) is 11.9. The van der Waals surface area contributed by atoms with E-state index in [1.165, 1.54) is 27.8 Å². The smallest absolute Gasteiger partial charge is 0.257 e. The lowest BCUT2D eigenvalue weighted by atomic mass is 10.1. The summed E-state index contributed by atoms with van der Waals surface area (Å²) in [7, 11) is -2.11. The number of amides is 1. The first-order valence-electron chi connectivity index (χ1n) is 9.86. The zero-order valence-electron chi connectivity index (χ0n) is 17.6. The van der Waals surface area contributed by atoms with Gasteiger partial charge in [0.15, 0.2) is 0 Å². The molecule has 0 radical (unpaired) electrons. The van der Waals surface area contributed by atoms with E-state index < -0.39 is 15.9 Å². The number of benzene rings is 2. The lowest BCUT2D eigenvalue weighted by Gasteiger charge is -2.26. The maximum absolute atomic E-state index is 12.9. The zero-order chi connectivity index (χ0) is 22.7. The Hall–Kier alpha value is -2.86. The van der Waals surface area contributed by atoms with E-state index in [2.05, 4.69) is 15.5 Å². The van der Waals surface area contributed by atoms with Crippen LogP contribution in [0.25, 0.3) is 10.6 Å². The van der Waals surface area contributed by atoms with Gasteiger partial charge in [-0.25, -0.2) is 8.42 Å². The van der Waals surface area contributed by atoms with Crippen molar-refractivity contribution in [2.75, 3.05) is 38.7 Å². The number of nitrogens with zero attached hydrogens (tertiary/aromatic N) is 3. The van der Waals surface area contributed by atoms with E-state index in [4.69, 9.17) is 9.47 Å². The number of aromatic nitrogens is 2. The van der Waals surface area contributed by atoms with Crippen molar-refractivity contribution >= 4 is 32.4 Å². The van der Waals surface area contributed by atoms with Crippen LogP contribution in [0.15, 0.2) is 47.4 Å². The van der Waals surface area contributed by atoms with Crippen molar-refractivity contribution in [2.24, 2.45) is 0 Å². The van der Waals surface area contributed by atoms with E-state index in [1.807, 2.05) is 24.3 Å². The molecule has 11 heteroatoms. The minimum absolute atomic E-state index is 0.0753. The third-order valence-electron chi connectivity index (χ3n) is 5.04. The minimum Gasteiger partial charge on any atom is -0.497 e. The molecule has 32 heavy (non-hydrogen) atoms. The highest BCUT2D eigenvalue weighted by molar-refractivity contribution is 7.89. The number of aryl methyl sites for hydroxylation is 1. The van der Waals surface area contributed by atoms with Crippen LogP contribution in [0.3, 0.4) is 0 Å². The normalized spacial score (nSPS) is 14.8. The summed E-state index contributed by atoms with van der Waals surface area (Å²) in [6, 6.07) is 11.9. The highest BCUT2D eigenvalue weighted by atomic mass is 32.2. The molecule has 1 fully saturated rings. The third kappa shape index (κ3) is 4.65. The highest BCUT2D eigenvalue weighted by Crippen LogP contribution is 2.28. The summed E-state index contributed by atoms with van der Waals surface area (Å²) in [6.07, 6.45) is 0. The van der Waals surface area contributed by atoms with Crippen molar-refractivity contribution in [1.29, 1.82) is 0 Å². The topological polar surface area (TPSA) is 111 Å². The number of sulfonamides is 1. The van der Waals surface area contributed by atoms with Gasteiger partial charge in [0, 0.05) is 24.2 Å². The van der Waals surface area contributed by atoms with Crippen LogP contribution >= 0.6 is 11.3 Å². The van der Waals surface area contributed by atoms with E-state index >= 15 is 0 Å². The lowest BCUT2D eigenvalue weighted by Crippen LogP contribution is -2.40. The molecule has 0 atom stereocenters. The molecule has 4 rings (SSSR count). The van der Waals surface area contributed by atoms with Crippen molar-refractivity contribution in [3.05, 3.63) is 53.6 Å². The number of anilines is 1. The molecule has 1 N–H and O–H groups in total. The molecular formula is C21H22N4O5S2. The number of ether oxygens (including phenoxy) is 2. The van der Waals surface area contributed by atoms with Gasteiger partial charge in [0.25, 0.3) is 5.91 Å². The number of carbonyl (C=O) groups excluding carboxylic acids is 1. The van der Waals surface area contributed by atoms with Gasteiger partial charge in [-0.3, -0.25) is 10.1 Å². The van der Waals surface area contributed by atoms with Crippen LogP contribution in [0.1, 0.15) is 15.9 Å². The molecule has 0 saturated carbocycles. The Balaban J connectivity index is 1.53. The molecule has 0 spiro atoms. The summed E-state index contributed by atoms with van der Waals surface area (Å²) in [5.41, 5.74) is 1.77. The highest BCUT2D eigenvalue weighted by Gasteiger charge is 2.27. The molecular weight excluding hydrogens is 452 g/mol. The molecule has 0 bridgehead atoms. The molecule has 0 aliphatic carbocycles. The quantitative estimate of drug-likeness (QED) is 0.585. The molecule has 1 amide bonds. The van der Waals surface area contributed by atoms with Gasteiger partial charge in [0.05, 0.1) is 25.2 Å². The average molecular weight is 475 g/mol. The van der Waals surface area contributed by atoms with E-state index in [-0.39, 0.29) is 23.5 Å². The summed E-state index contributed by atoms with van der Waals surface area (Å²) >= 11 is 1.23. The van der Waals surface area contributed by atoms with E-state index in [0.29, 0.717) is 28.9 Å². The predicted octanol–water partition coefficient (Wildman–Crippen LogP) is 2.80. The van der Waals surface area contributed by atoms with E-state index in [0.717, 1.165) is 11.3 Å². The number of morpholine rings is 1. The first-order valence-corrected chi connectivity index (χ1v) is 12.1. The molecule has 168 valence electrons. The number of hydrogen-bond acceptors (Lipinski definition) is 8. The molecule has 3 aromatic rings. The number of carbonyl (C=O) groups is 1. The third-order valence-corrected chi connectivity index (χ3v) is 7.83. The standard InChI is InChI=1S/C21H22N4O5S2/c1-14-3-8-17(32(27,28)25-9-11-30-12-10-25)13-18(14)19(26)22-21-24-23-20(31-21)15-4-6-16(29-2)7-5-15/h3-8,13H,9-12H2,1-2H3,(H,22,24,26). The van der Waals surface area contributed by atoms with Gasteiger partial charge in [-0.1, -0.05) is 17.4 Å². The van der Waals surface area contributed by atoms with Crippen LogP contribution in [0.2, 0.25) is 0 Å². The molecule has 2 heterocycles. The Morgan fingerprint density at radius 3 is 2.53 bits per heavy atom. The second kappa shape index (κ2) is 9.33. The van der Waals surface area contributed by atoms with Crippen LogP contribution in [-0.2, 0) is 14.8 Å². The van der Waals surface area contributed by atoms with Crippen molar-refractivity contribution in [2.45, 2.75) is 11.8 Å². The number of rotatable bonds is 6. The second-order valence-electron chi connectivity index (χ2n) is 7.09. The fraction of sp³-hybridized carbons (Fsp3) is 0.286. The number of nitrogens with one attached hydrogen (secondary N) is 1. The lowest BCUT2D eigenvalue weighted by molar-refractivity contribution is 0.0730. The summed E-state index contributed by atoms with van der Waals surface area (Å²) < 4.78 is 37.7. The Labute approximate surface area is 190 Å². The number of methoxy groups -OCH3 is 1. The van der Waals surface area contributed by atoms with E-state index in [1.54, 1.807) is 20.1 Å². The van der Waals surface area contributed by atoms with Crippen molar-refractivity contribution in [1.82, 2.24) is 14.5 Å². The Morgan fingerprint density at radius 2 is 1.84 bits per heavy atom. The molecule has 0 unspecified atom stereocenters. The van der Waals surface area contributed by atoms with Gasteiger partial charge in [-0.05, 0) is 48.9 Å². The average Bonchev–Trinajstić information content (AvgIpc) is 3.28. The van der Waals surface area contributed by atoms with Gasteiger partial charge in [0.1, 0.15) is 10.8 Å². The molecule has 1 aliphatic rings. The van der Waals surface area contributed by atoms with Gasteiger partial charge < -0.3 is 9.47 Å². The Kier molecular flexibility index (Phi) is 6.51. The molecule has 1 aromatic heterocycles. The molecule has 1 saturated heterocycles. The van der Waals surface area contributed by atoms with Crippen molar-refractivity contribution in [3.8, 4) is 16.3 Å². The fourth-order valence-electron chi connectivity index (χ4n) is 3.23. The SMILES string of the molecule is COc1ccc(-c2nnc(NC(=O)c3cc(S(=O)(=O)N4CCOCC4)ccc3C)s2)cc1. The largest absolute Gasteiger partial charge is 0.497 e. The fourth-order valence-corrected chi connectivity index (χ4v) is 5.41. The monoisotopic (exact) mass is 474 g/mol. The van der Waals surface area contributed by atoms with Gasteiger partial charge in [0.2, 0.25) is 15.2 Å². The molecule has 9 nitrogen and oxygen atoms in total. The molecule has 1 aliphatic heterocycles. The van der Waals surface area contributed by atoms with Gasteiger partial charge in [-0.15, -0.1) is 10.2 Å². The maximum Gasteiger partial charge on any atom is 0.257 e. The first kappa shape index (κ1) is 22.3. The van der Waals surface area contributed by atoms with Crippen LogP contribution in [0.5, 0.6) is 5.75 Å². The first-order chi connectivity index (χ1) is 15.4. The van der Waals surface area contributed by atoms with Crippen molar-refractivity contribution in [3.63, 3.8) is 0 Å². The van der Waals surface area contributed by atoms with Gasteiger partial charge in [-0.2, -0.15) is 4.31 Å². The van der Waals surface area contributed by atoms with Crippen LogP contribution < -0.4 is 10.1 Å². The van der Waals surface area contributed by atoms with Crippen LogP contribution in [0.4, 0.5) is 5.13 Å². The van der Waals surface area contributed by atoms with Crippen molar-refractivity contribution < 1.29 is 22.7 Å². The number of hydrogen-bond donors (Lipinski definition) is 1. The Morgan fingerprint density at radius 1 is 1.12 bits per heavy atom. The van der Waals surface area contributed by atoms with Gasteiger partial charge >= 0.3 is 0 Å². The van der Waals surface area contributed by atoms with Crippen LogP contribution in [-0.4, -0.2) is 62.2 Å². The minimum atomic E-state index is -3.71. The van der Waals surface area contributed by atoms with E-state index in [9.17, 15) is 13.2 Å².